The first-order valence-electron chi connectivity index (χ1n) is 7.76. The third-order valence-corrected chi connectivity index (χ3v) is 4.04. The standard InChI is InChI=1S/C16H21N5O2.2ClH/c1-11-18-7-8-21(11)15-12(3-2-6-19-15)10-20-16(22)14-5-4-13(9-17)23-14;;/h2-3,6-8,13-14H,4-5,9-10,17H2,1H3,(H,20,22);2*1H/t13-,14+;;/m1../s1. The molecule has 0 aliphatic carbocycles. The number of pyridine rings is 1. The Hall–Kier alpha value is -1.67. The number of ether oxygens (including phenoxy) is 1. The van der Waals surface area contributed by atoms with E-state index >= 15 is 0 Å². The second-order valence-corrected chi connectivity index (χ2v) is 5.61. The van der Waals surface area contributed by atoms with Crippen LogP contribution in [0.1, 0.15) is 24.2 Å². The second kappa shape index (κ2) is 9.72. The molecule has 138 valence electrons. The summed E-state index contributed by atoms with van der Waals surface area (Å²) in [5, 5.41) is 2.93. The average molecular weight is 388 g/mol. The van der Waals surface area contributed by atoms with Gasteiger partial charge in [-0.15, -0.1) is 24.8 Å². The van der Waals surface area contributed by atoms with E-state index in [1.54, 1.807) is 12.4 Å². The van der Waals surface area contributed by atoms with Crippen molar-refractivity contribution < 1.29 is 9.53 Å². The number of aryl methyl sites for hydroxylation is 1. The van der Waals surface area contributed by atoms with E-state index in [0.29, 0.717) is 19.5 Å². The maximum absolute atomic E-state index is 12.2. The van der Waals surface area contributed by atoms with Crippen LogP contribution in [0.25, 0.3) is 5.82 Å². The molecule has 0 saturated carbocycles. The SMILES string of the molecule is Cc1nccn1-c1ncccc1CNC(=O)[C@@H]1CC[C@H](CN)O1.Cl.Cl. The van der Waals surface area contributed by atoms with Gasteiger partial charge in [0, 0.05) is 37.2 Å². The maximum Gasteiger partial charge on any atom is 0.249 e. The Morgan fingerprint density at radius 2 is 2.16 bits per heavy atom. The fraction of sp³-hybridized carbons (Fsp3) is 0.438. The minimum Gasteiger partial charge on any atom is -0.364 e. The molecule has 1 saturated heterocycles. The lowest BCUT2D eigenvalue weighted by Gasteiger charge is -2.14. The summed E-state index contributed by atoms with van der Waals surface area (Å²) in [4.78, 5) is 20.8. The van der Waals surface area contributed by atoms with E-state index in [1.165, 1.54) is 0 Å². The van der Waals surface area contributed by atoms with Crippen LogP contribution >= 0.6 is 24.8 Å². The van der Waals surface area contributed by atoms with Gasteiger partial charge in [-0.3, -0.25) is 9.36 Å². The first-order chi connectivity index (χ1) is 11.2. The van der Waals surface area contributed by atoms with Crippen molar-refractivity contribution in [2.24, 2.45) is 5.73 Å². The summed E-state index contributed by atoms with van der Waals surface area (Å²) < 4.78 is 7.52. The smallest absolute Gasteiger partial charge is 0.249 e. The van der Waals surface area contributed by atoms with Crippen molar-refractivity contribution >= 4 is 30.7 Å². The van der Waals surface area contributed by atoms with Gasteiger partial charge in [-0.05, 0) is 25.8 Å². The monoisotopic (exact) mass is 387 g/mol. The first-order valence-corrected chi connectivity index (χ1v) is 7.76. The van der Waals surface area contributed by atoms with Gasteiger partial charge in [-0.25, -0.2) is 9.97 Å². The highest BCUT2D eigenvalue weighted by Crippen LogP contribution is 2.19. The van der Waals surface area contributed by atoms with E-state index in [-0.39, 0.29) is 36.8 Å². The van der Waals surface area contributed by atoms with E-state index in [4.69, 9.17) is 10.5 Å². The van der Waals surface area contributed by atoms with Crippen molar-refractivity contribution in [1.29, 1.82) is 0 Å². The van der Waals surface area contributed by atoms with Crippen molar-refractivity contribution in [2.45, 2.75) is 38.5 Å². The van der Waals surface area contributed by atoms with E-state index in [9.17, 15) is 4.79 Å². The van der Waals surface area contributed by atoms with E-state index in [2.05, 4.69) is 15.3 Å². The number of hydrogen-bond donors (Lipinski definition) is 2. The molecule has 0 spiro atoms. The van der Waals surface area contributed by atoms with Crippen LogP contribution in [0.2, 0.25) is 0 Å². The summed E-state index contributed by atoms with van der Waals surface area (Å²) in [5.41, 5.74) is 6.50. The maximum atomic E-state index is 12.2. The lowest BCUT2D eigenvalue weighted by Crippen LogP contribution is -2.35. The third-order valence-electron chi connectivity index (χ3n) is 4.04. The van der Waals surface area contributed by atoms with Gasteiger partial charge in [-0.1, -0.05) is 6.07 Å². The Morgan fingerprint density at radius 3 is 2.80 bits per heavy atom. The third kappa shape index (κ3) is 4.92. The summed E-state index contributed by atoms with van der Waals surface area (Å²) in [5.74, 6) is 1.52. The highest BCUT2D eigenvalue weighted by Gasteiger charge is 2.29. The zero-order valence-electron chi connectivity index (χ0n) is 13.9. The molecule has 2 aromatic rings. The molecule has 7 nitrogen and oxygen atoms in total. The molecule has 2 aromatic heterocycles. The Labute approximate surface area is 159 Å². The molecule has 3 N–H and O–H groups in total. The predicted molar refractivity (Wildman–Crippen MR) is 99.4 cm³/mol. The molecule has 9 heteroatoms. The van der Waals surface area contributed by atoms with Crippen molar-refractivity contribution in [2.75, 3.05) is 6.54 Å². The number of aromatic nitrogens is 3. The van der Waals surface area contributed by atoms with Crippen LogP contribution in [-0.2, 0) is 16.1 Å². The number of carbonyl (C=O) groups excluding carboxylic acids is 1. The fourth-order valence-electron chi connectivity index (χ4n) is 2.76. The zero-order valence-corrected chi connectivity index (χ0v) is 15.6. The summed E-state index contributed by atoms with van der Waals surface area (Å²) in [6, 6.07) is 3.80. The lowest BCUT2D eigenvalue weighted by atomic mass is 10.2. The minimum atomic E-state index is -0.404. The molecular weight excluding hydrogens is 365 g/mol. The molecule has 0 unspecified atom stereocenters. The van der Waals surface area contributed by atoms with E-state index in [0.717, 1.165) is 23.6 Å². The van der Waals surface area contributed by atoms with Crippen molar-refractivity contribution in [3.05, 3.63) is 42.1 Å². The topological polar surface area (TPSA) is 95.1 Å². The Morgan fingerprint density at radius 1 is 1.36 bits per heavy atom. The molecule has 3 heterocycles. The number of hydrogen-bond acceptors (Lipinski definition) is 5. The lowest BCUT2D eigenvalue weighted by molar-refractivity contribution is -0.132. The molecule has 1 fully saturated rings. The number of nitrogens with two attached hydrogens (primary N) is 1. The molecule has 1 aliphatic rings. The molecule has 25 heavy (non-hydrogen) atoms. The van der Waals surface area contributed by atoms with Gasteiger partial charge in [0.05, 0.1) is 6.10 Å². The van der Waals surface area contributed by atoms with Gasteiger partial charge in [0.15, 0.2) is 0 Å². The minimum absolute atomic E-state index is 0. The Bertz CT molecular complexity index is 695. The molecule has 2 atom stereocenters. The normalized spacial score (nSPS) is 19.0. The molecule has 1 amide bonds. The van der Waals surface area contributed by atoms with Crippen LogP contribution in [-0.4, -0.2) is 39.2 Å². The Balaban J connectivity index is 0.00000156. The van der Waals surface area contributed by atoms with Crippen LogP contribution in [0, 0.1) is 6.92 Å². The molecule has 0 aromatic carbocycles. The van der Waals surface area contributed by atoms with E-state index in [1.807, 2.05) is 29.8 Å². The summed E-state index contributed by atoms with van der Waals surface area (Å²) >= 11 is 0. The number of carbonyl (C=O) groups is 1. The molecule has 0 radical (unpaired) electrons. The zero-order chi connectivity index (χ0) is 16.2. The van der Waals surface area contributed by atoms with Crippen LogP contribution < -0.4 is 11.1 Å². The van der Waals surface area contributed by atoms with Gasteiger partial charge in [0.2, 0.25) is 5.91 Å². The molecular formula is C16H23Cl2N5O2. The van der Waals surface area contributed by atoms with Crippen LogP contribution in [0.15, 0.2) is 30.7 Å². The number of nitrogens with zero attached hydrogens (tertiary/aromatic N) is 3. The van der Waals surface area contributed by atoms with Gasteiger partial charge >= 0.3 is 0 Å². The number of amides is 1. The highest BCUT2D eigenvalue weighted by molar-refractivity contribution is 5.85. The van der Waals surface area contributed by atoms with Gasteiger partial charge in [0.25, 0.3) is 0 Å². The molecule has 0 bridgehead atoms. The number of halogens is 2. The summed E-state index contributed by atoms with van der Waals surface area (Å²) in [6.07, 6.45) is 6.45. The van der Waals surface area contributed by atoms with Crippen LogP contribution in [0.3, 0.4) is 0 Å². The fourth-order valence-corrected chi connectivity index (χ4v) is 2.76. The highest BCUT2D eigenvalue weighted by atomic mass is 35.5. The first kappa shape index (κ1) is 21.4. The van der Waals surface area contributed by atoms with Crippen molar-refractivity contribution in [1.82, 2.24) is 19.9 Å². The largest absolute Gasteiger partial charge is 0.364 e. The predicted octanol–water partition coefficient (Wildman–Crippen LogP) is 1.54. The van der Waals surface area contributed by atoms with Gasteiger partial charge in [0.1, 0.15) is 17.7 Å². The van der Waals surface area contributed by atoms with Crippen molar-refractivity contribution in [3.8, 4) is 5.82 Å². The summed E-state index contributed by atoms with van der Waals surface area (Å²) in [6.45, 7) is 2.76. The molecule has 1 aliphatic heterocycles. The Kier molecular flexibility index (Phi) is 8.31. The van der Waals surface area contributed by atoms with Crippen molar-refractivity contribution in [3.63, 3.8) is 0 Å². The summed E-state index contributed by atoms with van der Waals surface area (Å²) in [7, 11) is 0. The second-order valence-electron chi connectivity index (χ2n) is 5.61. The van der Waals surface area contributed by atoms with Crippen LogP contribution in [0.4, 0.5) is 0 Å². The van der Waals surface area contributed by atoms with Gasteiger partial charge < -0.3 is 15.8 Å². The number of nitrogens with one attached hydrogen (secondary N) is 1. The average Bonchev–Trinajstić information content (AvgIpc) is 3.21. The number of imidazole rings is 1. The quantitative estimate of drug-likeness (QED) is 0.810. The van der Waals surface area contributed by atoms with Gasteiger partial charge in [-0.2, -0.15) is 0 Å². The van der Waals surface area contributed by atoms with E-state index < -0.39 is 6.10 Å². The number of rotatable bonds is 5. The molecule has 3 rings (SSSR count). The van der Waals surface area contributed by atoms with Crippen LogP contribution in [0.5, 0.6) is 0 Å².